The summed E-state index contributed by atoms with van der Waals surface area (Å²) in [5.41, 5.74) is 0.325. The summed E-state index contributed by atoms with van der Waals surface area (Å²) in [6.45, 7) is 4.76. The molecular formula is C24H34N2O5S. The van der Waals surface area contributed by atoms with Gasteiger partial charge in [-0.25, -0.2) is 13.2 Å². The minimum Gasteiger partial charge on any atom is -0.462 e. The Bertz CT molecular complexity index is 938. The van der Waals surface area contributed by atoms with E-state index in [2.05, 4.69) is 12.2 Å². The number of hydrogen-bond acceptors (Lipinski definition) is 5. The third-order valence-corrected chi connectivity index (χ3v) is 9.55. The summed E-state index contributed by atoms with van der Waals surface area (Å²) in [6.07, 6.45) is 6.25. The van der Waals surface area contributed by atoms with E-state index in [1.165, 1.54) is 54.3 Å². The molecular weight excluding hydrogens is 428 g/mol. The van der Waals surface area contributed by atoms with Crippen molar-refractivity contribution >= 4 is 21.9 Å². The van der Waals surface area contributed by atoms with Crippen molar-refractivity contribution in [3.63, 3.8) is 0 Å². The highest BCUT2D eigenvalue weighted by Gasteiger charge is 2.42. The number of hydrogen-bond donors (Lipinski definition) is 1. The fourth-order valence-corrected chi connectivity index (χ4v) is 7.31. The molecule has 1 aromatic rings. The molecule has 2 aliphatic carbocycles. The lowest BCUT2D eigenvalue weighted by molar-refractivity contribution is -0.127. The smallest absolute Gasteiger partial charge is 0.338 e. The molecule has 2 saturated carbocycles. The average molecular weight is 463 g/mol. The number of fused-ring (bicyclic) bond motifs is 2. The molecule has 3 fully saturated rings. The zero-order valence-corrected chi connectivity index (χ0v) is 19.8. The zero-order chi connectivity index (χ0) is 22.9. The number of benzene rings is 1. The Labute approximate surface area is 190 Å². The summed E-state index contributed by atoms with van der Waals surface area (Å²) in [6, 6.07) is 6.02. The molecule has 0 radical (unpaired) electrons. The van der Waals surface area contributed by atoms with Crippen LogP contribution in [0.2, 0.25) is 0 Å². The van der Waals surface area contributed by atoms with Gasteiger partial charge in [-0.05, 0) is 88.0 Å². The van der Waals surface area contributed by atoms with Gasteiger partial charge >= 0.3 is 5.97 Å². The van der Waals surface area contributed by atoms with E-state index in [0.29, 0.717) is 37.4 Å². The fraction of sp³-hybridized carbons (Fsp3) is 0.667. The van der Waals surface area contributed by atoms with Gasteiger partial charge < -0.3 is 10.1 Å². The predicted molar refractivity (Wildman–Crippen MR) is 120 cm³/mol. The maximum Gasteiger partial charge on any atom is 0.338 e. The molecule has 4 rings (SSSR count). The molecule has 8 heteroatoms. The van der Waals surface area contributed by atoms with E-state index >= 15 is 0 Å². The first-order valence-corrected chi connectivity index (χ1v) is 13.3. The molecule has 7 nitrogen and oxygen atoms in total. The molecule has 176 valence electrons. The minimum atomic E-state index is -3.66. The van der Waals surface area contributed by atoms with Gasteiger partial charge in [-0.3, -0.25) is 4.79 Å². The number of ether oxygens (including phenoxy) is 1. The monoisotopic (exact) mass is 462 g/mol. The molecule has 3 aliphatic rings. The Hall–Kier alpha value is -1.93. The van der Waals surface area contributed by atoms with Crippen LogP contribution in [0.25, 0.3) is 0 Å². The molecule has 4 unspecified atom stereocenters. The van der Waals surface area contributed by atoms with E-state index in [4.69, 9.17) is 4.74 Å². The third kappa shape index (κ3) is 4.71. The second-order valence-electron chi connectivity index (χ2n) is 9.56. The normalized spacial score (nSPS) is 27.2. The van der Waals surface area contributed by atoms with Crippen molar-refractivity contribution in [2.75, 3.05) is 19.7 Å². The van der Waals surface area contributed by atoms with E-state index in [1.807, 2.05) is 0 Å². The van der Waals surface area contributed by atoms with Crippen molar-refractivity contribution in [2.45, 2.75) is 63.3 Å². The van der Waals surface area contributed by atoms with Gasteiger partial charge in [0.05, 0.1) is 17.1 Å². The number of piperidine rings is 1. The Morgan fingerprint density at radius 3 is 2.34 bits per heavy atom. The molecule has 1 N–H and O–H groups in total. The van der Waals surface area contributed by atoms with E-state index < -0.39 is 16.0 Å². The zero-order valence-electron chi connectivity index (χ0n) is 19.0. The Kier molecular flexibility index (Phi) is 6.91. The summed E-state index contributed by atoms with van der Waals surface area (Å²) in [5.74, 6) is 1.66. The quantitative estimate of drug-likeness (QED) is 0.628. The fourth-order valence-electron chi connectivity index (χ4n) is 5.84. The number of carbonyl (C=O) groups is 2. The highest BCUT2D eigenvalue weighted by atomic mass is 32.2. The third-order valence-electron chi connectivity index (χ3n) is 7.63. The van der Waals surface area contributed by atoms with Gasteiger partial charge in [-0.2, -0.15) is 4.31 Å². The Balaban J connectivity index is 1.30. The van der Waals surface area contributed by atoms with Gasteiger partial charge in [-0.1, -0.05) is 6.42 Å². The predicted octanol–water partition coefficient (Wildman–Crippen LogP) is 3.20. The summed E-state index contributed by atoms with van der Waals surface area (Å²) in [5, 5.41) is 3.24. The van der Waals surface area contributed by atoms with Gasteiger partial charge in [-0.15, -0.1) is 0 Å². The van der Waals surface area contributed by atoms with E-state index in [9.17, 15) is 18.0 Å². The number of nitrogens with one attached hydrogen (secondary N) is 1. The lowest BCUT2D eigenvalue weighted by Gasteiger charge is -2.33. The number of sulfonamides is 1. The van der Waals surface area contributed by atoms with Crippen molar-refractivity contribution in [3.05, 3.63) is 29.8 Å². The van der Waals surface area contributed by atoms with Crippen LogP contribution in [-0.4, -0.2) is 50.3 Å². The van der Waals surface area contributed by atoms with Gasteiger partial charge in [0.2, 0.25) is 15.9 Å². The first-order chi connectivity index (χ1) is 15.3. The molecule has 2 bridgehead atoms. The Morgan fingerprint density at radius 2 is 1.78 bits per heavy atom. The molecule has 32 heavy (non-hydrogen) atoms. The first kappa shape index (κ1) is 23.2. The molecule has 1 aromatic carbocycles. The van der Waals surface area contributed by atoms with Crippen LogP contribution < -0.4 is 5.32 Å². The van der Waals surface area contributed by atoms with Crippen LogP contribution in [0, 0.1) is 23.7 Å². The van der Waals surface area contributed by atoms with Gasteiger partial charge in [0.15, 0.2) is 0 Å². The van der Waals surface area contributed by atoms with Crippen LogP contribution in [-0.2, 0) is 19.6 Å². The summed E-state index contributed by atoms with van der Waals surface area (Å²) in [4.78, 5) is 24.8. The molecule has 1 saturated heterocycles. The SMILES string of the molecule is CCOC(=O)c1ccc(S(=O)(=O)N2CCC(C(=O)NC(C)C3CC4CCC3C4)CC2)cc1. The molecule has 0 aromatic heterocycles. The molecule has 1 heterocycles. The molecule has 1 aliphatic heterocycles. The standard InChI is InChI=1S/C24H34N2O5S/c1-3-31-24(28)19-6-8-21(9-7-19)32(29,30)26-12-10-18(11-13-26)23(27)25-16(2)22-15-17-4-5-20(22)14-17/h6-9,16-18,20,22H,3-5,10-15H2,1-2H3,(H,25,27). The summed E-state index contributed by atoms with van der Waals surface area (Å²) >= 11 is 0. The van der Waals surface area contributed by atoms with Crippen LogP contribution in [0.15, 0.2) is 29.2 Å². The van der Waals surface area contributed by atoms with Crippen molar-refractivity contribution in [1.29, 1.82) is 0 Å². The summed E-state index contributed by atoms with van der Waals surface area (Å²) in [7, 11) is -3.66. The second-order valence-corrected chi connectivity index (χ2v) is 11.5. The molecule has 1 amide bonds. The number of amides is 1. The van der Waals surface area contributed by atoms with Gasteiger partial charge in [0, 0.05) is 25.0 Å². The lowest BCUT2D eigenvalue weighted by atomic mass is 9.83. The van der Waals surface area contributed by atoms with E-state index in [-0.39, 0.29) is 29.4 Å². The van der Waals surface area contributed by atoms with Crippen LogP contribution in [0.1, 0.15) is 62.7 Å². The largest absolute Gasteiger partial charge is 0.462 e. The number of esters is 1. The maximum atomic E-state index is 13.0. The van der Waals surface area contributed by atoms with Crippen LogP contribution in [0.4, 0.5) is 0 Å². The van der Waals surface area contributed by atoms with Gasteiger partial charge in [0.1, 0.15) is 0 Å². The second kappa shape index (κ2) is 9.51. The van der Waals surface area contributed by atoms with Gasteiger partial charge in [0.25, 0.3) is 0 Å². The highest BCUT2D eigenvalue weighted by molar-refractivity contribution is 7.89. The first-order valence-electron chi connectivity index (χ1n) is 11.9. The highest BCUT2D eigenvalue weighted by Crippen LogP contribution is 2.49. The van der Waals surface area contributed by atoms with Crippen LogP contribution in [0.5, 0.6) is 0 Å². The maximum absolute atomic E-state index is 13.0. The number of nitrogens with zero attached hydrogens (tertiary/aromatic N) is 1. The molecule has 4 atom stereocenters. The van der Waals surface area contributed by atoms with Crippen molar-refractivity contribution < 1.29 is 22.7 Å². The van der Waals surface area contributed by atoms with Crippen LogP contribution >= 0.6 is 0 Å². The van der Waals surface area contributed by atoms with Crippen molar-refractivity contribution in [3.8, 4) is 0 Å². The molecule has 0 spiro atoms. The summed E-state index contributed by atoms with van der Waals surface area (Å²) < 4.78 is 32.4. The van der Waals surface area contributed by atoms with Crippen molar-refractivity contribution in [1.82, 2.24) is 9.62 Å². The van der Waals surface area contributed by atoms with Crippen LogP contribution in [0.3, 0.4) is 0 Å². The average Bonchev–Trinajstić information content (AvgIpc) is 3.43. The van der Waals surface area contributed by atoms with E-state index in [0.717, 1.165) is 11.8 Å². The van der Waals surface area contributed by atoms with Crippen molar-refractivity contribution in [2.24, 2.45) is 23.7 Å². The number of rotatable bonds is 7. The minimum absolute atomic E-state index is 0.0658. The topological polar surface area (TPSA) is 92.8 Å². The number of carbonyl (C=O) groups excluding carboxylic acids is 2. The Morgan fingerprint density at radius 1 is 1.09 bits per heavy atom. The lowest BCUT2D eigenvalue weighted by Crippen LogP contribution is -2.47. The van der Waals surface area contributed by atoms with E-state index in [1.54, 1.807) is 6.92 Å².